The van der Waals surface area contributed by atoms with Crippen LogP contribution in [0, 0.1) is 17.8 Å². The predicted octanol–water partition coefficient (Wildman–Crippen LogP) is 10.4. The lowest BCUT2D eigenvalue weighted by Gasteiger charge is -2.47. The SMILES string of the molecule is C[C@@H](COc1ccnc2c1[C@H](C)CCC2)CC1Cc2cc3c(cc2C12CCC(Nc1cccc(Cl)c1)(C(=O)O)CC2)OCC(CN(C)Cc1ccccc1Cl)CO3. The monoisotopic (exact) mass is 811 g/mol. The summed E-state index contributed by atoms with van der Waals surface area (Å²) in [5.74, 6) is 2.96. The van der Waals surface area contributed by atoms with Gasteiger partial charge in [0.1, 0.15) is 11.3 Å². The molecule has 57 heavy (non-hydrogen) atoms. The quantitative estimate of drug-likeness (QED) is 0.146. The van der Waals surface area contributed by atoms with Crippen LogP contribution in [-0.2, 0) is 29.6 Å². The fourth-order valence-electron chi connectivity index (χ4n) is 10.3. The Labute approximate surface area is 347 Å². The Hall–Kier alpha value is -3.98. The van der Waals surface area contributed by atoms with E-state index < -0.39 is 11.5 Å². The molecular formula is C47H55Cl2N3O5. The molecule has 0 bridgehead atoms. The fraction of sp³-hybridized carbons (Fsp3) is 0.489. The Kier molecular flexibility index (Phi) is 11.7. The molecule has 1 aliphatic heterocycles. The number of hydrogen-bond acceptors (Lipinski definition) is 7. The van der Waals surface area contributed by atoms with Crippen molar-refractivity contribution in [2.24, 2.45) is 17.8 Å². The van der Waals surface area contributed by atoms with Crippen LogP contribution in [0.1, 0.15) is 92.7 Å². The highest BCUT2D eigenvalue weighted by Gasteiger charge is 2.54. The number of pyridine rings is 1. The fourth-order valence-corrected chi connectivity index (χ4v) is 10.7. The van der Waals surface area contributed by atoms with Crippen LogP contribution in [0.3, 0.4) is 0 Å². The first-order valence-corrected chi connectivity index (χ1v) is 21.5. The van der Waals surface area contributed by atoms with Crippen molar-refractivity contribution in [3.05, 3.63) is 111 Å². The van der Waals surface area contributed by atoms with Gasteiger partial charge in [0.15, 0.2) is 11.5 Å². The van der Waals surface area contributed by atoms with Crippen molar-refractivity contribution in [3.8, 4) is 17.2 Å². The van der Waals surface area contributed by atoms with Gasteiger partial charge in [-0.15, -0.1) is 0 Å². The molecule has 4 aliphatic rings. The molecule has 0 radical (unpaired) electrons. The van der Waals surface area contributed by atoms with Gasteiger partial charge in [0.25, 0.3) is 0 Å². The standard InChI is InChI=1S/C47H55Cl2N3O5/c1-30(27-55-41-14-19-50-40-13-6-8-31(2)44(40)41)20-35-21-34-22-42-43(57-29-32(28-56-42)25-52(3)26-33-9-4-5-12-39(33)49)24-38(34)46(35)15-17-47(18-16-46,45(53)54)51-37-11-7-10-36(48)23-37/h4-5,7,9-12,14,19,22-24,30-32,35,51H,6,8,13,15-18,20-21,25-29H2,1-3H3,(H,53,54)/t30-,31-,32?,35?,46?,47?/m1/s1. The maximum Gasteiger partial charge on any atom is 0.329 e. The van der Waals surface area contributed by atoms with Gasteiger partial charge in [-0.25, -0.2) is 4.79 Å². The third-order valence-electron chi connectivity index (χ3n) is 13.3. The van der Waals surface area contributed by atoms with Crippen molar-refractivity contribution in [2.45, 2.75) is 95.1 Å². The molecule has 4 atom stereocenters. The van der Waals surface area contributed by atoms with E-state index in [0.717, 1.165) is 85.1 Å². The first kappa shape index (κ1) is 39.8. The van der Waals surface area contributed by atoms with Crippen LogP contribution in [0.25, 0.3) is 0 Å². The lowest BCUT2D eigenvalue weighted by molar-refractivity contribution is -0.144. The van der Waals surface area contributed by atoms with E-state index in [1.54, 1.807) is 12.1 Å². The van der Waals surface area contributed by atoms with E-state index in [-0.39, 0.29) is 17.3 Å². The molecule has 302 valence electrons. The van der Waals surface area contributed by atoms with Crippen LogP contribution in [0.15, 0.2) is 72.9 Å². The van der Waals surface area contributed by atoms with Crippen LogP contribution in [-0.4, -0.2) is 59.9 Å². The highest BCUT2D eigenvalue weighted by atomic mass is 35.5. The second-order valence-electron chi connectivity index (χ2n) is 17.4. The van der Waals surface area contributed by atoms with E-state index in [4.69, 9.17) is 37.4 Å². The molecule has 1 spiro atoms. The molecule has 10 heteroatoms. The summed E-state index contributed by atoms with van der Waals surface area (Å²) in [5, 5.41) is 15.5. The van der Waals surface area contributed by atoms with E-state index in [2.05, 4.69) is 54.3 Å². The number of carboxylic acid groups (broad SMARTS) is 1. The van der Waals surface area contributed by atoms with Gasteiger partial charge in [0.2, 0.25) is 0 Å². The molecule has 8 nitrogen and oxygen atoms in total. The average molecular weight is 813 g/mol. The number of nitrogens with zero attached hydrogens (tertiary/aromatic N) is 2. The van der Waals surface area contributed by atoms with E-state index in [9.17, 15) is 9.90 Å². The molecule has 2 heterocycles. The van der Waals surface area contributed by atoms with E-state index in [1.165, 1.54) is 28.8 Å². The first-order valence-electron chi connectivity index (χ1n) is 20.7. The topological polar surface area (TPSA) is 93.2 Å². The molecule has 4 aromatic rings. The van der Waals surface area contributed by atoms with E-state index in [0.29, 0.717) is 49.5 Å². The number of fused-ring (bicyclic) bond motifs is 4. The maximum atomic E-state index is 13.1. The zero-order valence-electron chi connectivity index (χ0n) is 33.4. The molecule has 1 aromatic heterocycles. The highest BCUT2D eigenvalue weighted by Crippen LogP contribution is 2.58. The Morgan fingerprint density at radius 2 is 1.81 bits per heavy atom. The Balaban J connectivity index is 1.02. The highest BCUT2D eigenvalue weighted by molar-refractivity contribution is 6.31. The number of halogens is 2. The van der Waals surface area contributed by atoms with E-state index in [1.807, 2.05) is 42.6 Å². The van der Waals surface area contributed by atoms with Crippen LogP contribution >= 0.6 is 23.2 Å². The van der Waals surface area contributed by atoms with Crippen molar-refractivity contribution < 1.29 is 24.1 Å². The summed E-state index contributed by atoms with van der Waals surface area (Å²) in [5.41, 5.74) is 5.56. The molecular weight excluding hydrogens is 757 g/mol. The van der Waals surface area contributed by atoms with Crippen LogP contribution in [0.5, 0.6) is 17.2 Å². The van der Waals surface area contributed by atoms with Gasteiger partial charge in [-0.1, -0.05) is 61.3 Å². The maximum absolute atomic E-state index is 13.1. The molecule has 1 saturated carbocycles. The average Bonchev–Trinajstić information content (AvgIpc) is 3.31. The van der Waals surface area contributed by atoms with Crippen molar-refractivity contribution in [3.63, 3.8) is 0 Å². The Bertz CT molecular complexity index is 2080. The van der Waals surface area contributed by atoms with Gasteiger partial charge in [0.05, 0.1) is 19.8 Å². The molecule has 2 unspecified atom stereocenters. The number of benzene rings is 3. The van der Waals surface area contributed by atoms with Gasteiger partial charge in [0, 0.05) is 52.2 Å². The summed E-state index contributed by atoms with van der Waals surface area (Å²) in [7, 11) is 2.11. The summed E-state index contributed by atoms with van der Waals surface area (Å²) < 4.78 is 19.8. The molecule has 1 fully saturated rings. The summed E-state index contributed by atoms with van der Waals surface area (Å²) in [6.07, 6.45) is 9.57. The molecule has 0 saturated heterocycles. The van der Waals surface area contributed by atoms with Gasteiger partial charge < -0.3 is 29.5 Å². The van der Waals surface area contributed by atoms with E-state index >= 15 is 0 Å². The number of anilines is 1. The number of hydrogen-bond donors (Lipinski definition) is 2. The summed E-state index contributed by atoms with van der Waals surface area (Å²) in [4.78, 5) is 20.1. The third kappa shape index (κ3) is 8.33. The number of rotatable bonds is 12. The third-order valence-corrected chi connectivity index (χ3v) is 13.9. The Morgan fingerprint density at radius 1 is 1.04 bits per heavy atom. The number of carboxylic acids is 1. The van der Waals surface area contributed by atoms with Gasteiger partial charge in [-0.2, -0.15) is 0 Å². The summed E-state index contributed by atoms with van der Waals surface area (Å²) in [6.45, 7) is 7.87. The zero-order valence-corrected chi connectivity index (χ0v) is 34.9. The smallest absolute Gasteiger partial charge is 0.329 e. The normalized spacial score (nSPS) is 25.7. The van der Waals surface area contributed by atoms with Crippen LogP contribution < -0.4 is 19.5 Å². The predicted molar refractivity (Wildman–Crippen MR) is 226 cm³/mol. The van der Waals surface area contributed by atoms with Gasteiger partial charge in [-0.3, -0.25) is 4.98 Å². The second-order valence-corrected chi connectivity index (χ2v) is 18.3. The molecule has 0 amide bonds. The number of ether oxygens (including phenoxy) is 3. The summed E-state index contributed by atoms with van der Waals surface area (Å²) in [6, 6.07) is 21.8. The molecule has 2 N–H and O–H groups in total. The largest absolute Gasteiger partial charge is 0.493 e. The van der Waals surface area contributed by atoms with Crippen molar-refractivity contribution in [1.82, 2.24) is 9.88 Å². The van der Waals surface area contributed by atoms with Crippen LogP contribution in [0.4, 0.5) is 5.69 Å². The van der Waals surface area contributed by atoms with Crippen molar-refractivity contribution in [2.75, 3.05) is 38.7 Å². The van der Waals surface area contributed by atoms with Crippen molar-refractivity contribution >= 4 is 34.9 Å². The number of aromatic nitrogens is 1. The minimum absolute atomic E-state index is 0.180. The lowest BCUT2D eigenvalue weighted by atomic mass is 9.59. The number of carbonyl (C=O) groups is 1. The van der Waals surface area contributed by atoms with Gasteiger partial charge in [-0.05, 0) is 147 Å². The number of nitrogens with one attached hydrogen (secondary N) is 1. The first-order chi connectivity index (χ1) is 27.5. The van der Waals surface area contributed by atoms with Crippen LogP contribution in [0.2, 0.25) is 10.0 Å². The lowest BCUT2D eigenvalue weighted by Crippen LogP contribution is -2.53. The van der Waals surface area contributed by atoms with Gasteiger partial charge >= 0.3 is 5.97 Å². The van der Waals surface area contributed by atoms with Crippen molar-refractivity contribution in [1.29, 1.82) is 0 Å². The number of aryl methyl sites for hydroxylation is 1. The molecule has 8 rings (SSSR count). The number of aliphatic carboxylic acids is 1. The second kappa shape index (κ2) is 16.7. The molecule has 3 aliphatic carbocycles. The zero-order chi connectivity index (χ0) is 39.7. The molecule has 3 aromatic carbocycles. The minimum Gasteiger partial charge on any atom is -0.493 e. The summed E-state index contributed by atoms with van der Waals surface area (Å²) >= 11 is 12.8. The minimum atomic E-state index is -1.09. The Morgan fingerprint density at radius 3 is 2.56 bits per heavy atom.